The fourth-order valence-corrected chi connectivity index (χ4v) is 3.43. The SMILES string of the molecule is CC(C)(C)OC(=O)[C@@H](N)CCOc1cc(F)c(-n2c(N)c(C(=O)c3ccc(F)cc3F)ccc2=O)c(F)c1. The number of ether oxygens (including phenoxy) is 2. The first-order valence-electron chi connectivity index (χ1n) is 11.3. The van der Waals surface area contributed by atoms with Crippen molar-refractivity contribution in [3.8, 4) is 11.4 Å². The Morgan fingerprint density at radius 2 is 1.55 bits per heavy atom. The molecule has 3 aromatic rings. The lowest BCUT2D eigenvalue weighted by atomic mass is 10.0. The molecule has 8 nitrogen and oxygen atoms in total. The van der Waals surface area contributed by atoms with Gasteiger partial charge in [-0.3, -0.25) is 19.0 Å². The van der Waals surface area contributed by atoms with Crippen molar-refractivity contribution in [3.63, 3.8) is 0 Å². The number of carbonyl (C=O) groups is 2. The Kier molecular flexibility index (Phi) is 8.25. The van der Waals surface area contributed by atoms with Crippen LogP contribution in [0.2, 0.25) is 0 Å². The molecular formula is C26H25F4N3O5. The Labute approximate surface area is 214 Å². The summed E-state index contributed by atoms with van der Waals surface area (Å²) in [4.78, 5) is 37.2. The molecule has 2 aromatic carbocycles. The molecule has 0 spiro atoms. The predicted molar refractivity (Wildman–Crippen MR) is 130 cm³/mol. The highest BCUT2D eigenvalue weighted by Crippen LogP contribution is 2.27. The molecular weight excluding hydrogens is 510 g/mol. The average molecular weight is 535 g/mol. The fraction of sp³-hybridized carbons (Fsp3) is 0.269. The number of aromatic nitrogens is 1. The molecule has 1 heterocycles. The van der Waals surface area contributed by atoms with Crippen molar-refractivity contribution in [1.29, 1.82) is 0 Å². The highest BCUT2D eigenvalue weighted by atomic mass is 19.1. The van der Waals surface area contributed by atoms with Gasteiger partial charge in [0.25, 0.3) is 5.56 Å². The van der Waals surface area contributed by atoms with Crippen LogP contribution in [0.5, 0.6) is 5.75 Å². The topological polar surface area (TPSA) is 127 Å². The monoisotopic (exact) mass is 535 g/mol. The second-order valence-electron chi connectivity index (χ2n) is 9.27. The normalized spacial score (nSPS) is 12.2. The van der Waals surface area contributed by atoms with E-state index in [4.69, 9.17) is 20.9 Å². The van der Waals surface area contributed by atoms with Crippen LogP contribution in [0.4, 0.5) is 23.4 Å². The van der Waals surface area contributed by atoms with Gasteiger partial charge < -0.3 is 20.9 Å². The molecule has 0 amide bonds. The predicted octanol–water partition coefficient (Wildman–Crippen LogP) is 3.65. The second kappa shape index (κ2) is 11.1. The van der Waals surface area contributed by atoms with E-state index in [1.54, 1.807) is 20.8 Å². The zero-order valence-electron chi connectivity index (χ0n) is 20.7. The number of ketones is 1. The first kappa shape index (κ1) is 28.4. The number of nitrogens with two attached hydrogens (primary N) is 2. The van der Waals surface area contributed by atoms with Crippen molar-refractivity contribution in [2.24, 2.45) is 5.73 Å². The molecule has 0 aliphatic carbocycles. The van der Waals surface area contributed by atoms with E-state index in [0.29, 0.717) is 10.6 Å². The standard InChI is InChI=1S/C26H25F4N3O5/c1-26(2,3)38-25(36)20(31)8-9-37-14-11-18(29)22(19(30)12-14)33-21(34)7-6-16(24(33)32)23(35)15-5-4-13(27)10-17(15)28/h4-7,10-12,20H,8-9,31-32H2,1-3H3/t20-/m0/s1. The van der Waals surface area contributed by atoms with Gasteiger partial charge in [-0.15, -0.1) is 0 Å². The van der Waals surface area contributed by atoms with Crippen LogP contribution < -0.4 is 21.8 Å². The molecule has 0 aliphatic rings. The van der Waals surface area contributed by atoms with Gasteiger partial charge in [0, 0.05) is 30.7 Å². The van der Waals surface area contributed by atoms with Gasteiger partial charge in [-0.1, -0.05) is 0 Å². The van der Waals surface area contributed by atoms with Gasteiger partial charge in [0.2, 0.25) is 0 Å². The third-order valence-corrected chi connectivity index (χ3v) is 5.17. The summed E-state index contributed by atoms with van der Waals surface area (Å²) in [5.74, 6) is -7.26. The minimum atomic E-state index is -1.26. The van der Waals surface area contributed by atoms with Crippen molar-refractivity contribution in [2.75, 3.05) is 12.3 Å². The van der Waals surface area contributed by atoms with Gasteiger partial charge in [-0.25, -0.2) is 17.6 Å². The van der Waals surface area contributed by atoms with Crippen LogP contribution in [0.15, 0.2) is 47.3 Å². The number of anilines is 1. The fourth-order valence-electron chi connectivity index (χ4n) is 3.43. The van der Waals surface area contributed by atoms with Crippen LogP contribution in [-0.2, 0) is 9.53 Å². The molecule has 38 heavy (non-hydrogen) atoms. The second-order valence-corrected chi connectivity index (χ2v) is 9.27. The lowest BCUT2D eigenvalue weighted by Gasteiger charge is -2.22. The maximum Gasteiger partial charge on any atom is 0.323 e. The molecule has 0 saturated heterocycles. The summed E-state index contributed by atoms with van der Waals surface area (Å²) in [6.45, 7) is 4.83. The molecule has 3 rings (SSSR count). The van der Waals surface area contributed by atoms with Crippen LogP contribution >= 0.6 is 0 Å². The van der Waals surface area contributed by atoms with Crippen molar-refractivity contribution in [3.05, 3.63) is 87.2 Å². The van der Waals surface area contributed by atoms with Crippen LogP contribution in [0.1, 0.15) is 43.1 Å². The van der Waals surface area contributed by atoms with Crippen molar-refractivity contribution >= 4 is 17.6 Å². The van der Waals surface area contributed by atoms with Crippen LogP contribution in [0.25, 0.3) is 5.69 Å². The van der Waals surface area contributed by atoms with Crippen molar-refractivity contribution in [2.45, 2.75) is 38.8 Å². The van der Waals surface area contributed by atoms with E-state index in [0.717, 1.165) is 36.4 Å². The Morgan fingerprint density at radius 3 is 2.13 bits per heavy atom. The molecule has 0 fully saturated rings. The van der Waals surface area contributed by atoms with Crippen LogP contribution in [0.3, 0.4) is 0 Å². The molecule has 0 saturated carbocycles. The minimum absolute atomic E-state index is 0.0174. The largest absolute Gasteiger partial charge is 0.493 e. The lowest BCUT2D eigenvalue weighted by molar-refractivity contribution is -0.156. The number of carbonyl (C=O) groups excluding carboxylic acids is 2. The number of nitrogens with zero attached hydrogens (tertiary/aromatic N) is 1. The molecule has 4 N–H and O–H groups in total. The van der Waals surface area contributed by atoms with Gasteiger partial charge >= 0.3 is 5.97 Å². The molecule has 1 atom stereocenters. The third-order valence-electron chi connectivity index (χ3n) is 5.17. The van der Waals surface area contributed by atoms with E-state index < -0.39 is 74.9 Å². The number of hydrogen-bond donors (Lipinski definition) is 2. The smallest absolute Gasteiger partial charge is 0.323 e. The Balaban J connectivity index is 1.87. The minimum Gasteiger partial charge on any atom is -0.493 e. The summed E-state index contributed by atoms with van der Waals surface area (Å²) in [6, 6.07) is 4.53. The number of pyridine rings is 1. The number of halogens is 4. The Morgan fingerprint density at radius 1 is 0.947 bits per heavy atom. The molecule has 12 heteroatoms. The summed E-state index contributed by atoms with van der Waals surface area (Å²) in [7, 11) is 0. The van der Waals surface area contributed by atoms with E-state index in [1.807, 2.05) is 0 Å². The first-order valence-corrected chi connectivity index (χ1v) is 11.3. The number of hydrogen-bond acceptors (Lipinski definition) is 7. The van der Waals surface area contributed by atoms with Crippen molar-refractivity contribution in [1.82, 2.24) is 4.57 Å². The first-order chi connectivity index (χ1) is 17.7. The number of benzene rings is 2. The summed E-state index contributed by atoms with van der Waals surface area (Å²) in [6.07, 6.45) is -0.0174. The number of esters is 1. The molecule has 0 aliphatic heterocycles. The quantitative estimate of drug-likeness (QED) is 0.256. The number of rotatable bonds is 8. The zero-order valence-corrected chi connectivity index (χ0v) is 20.7. The maximum absolute atomic E-state index is 15.0. The number of nitrogen functional groups attached to an aromatic ring is 1. The van der Waals surface area contributed by atoms with E-state index in [9.17, 15) is 23.2 Å². The molecule has 0 bridgehead atoms. The average Bonchev–Trinajstić information content (AvgIpc) is 2.79. The summed E-state index contributed by atoms with van der Waals surface area (Å²) in [5, 5.41) is 0. The molecule has 202 valence electrons. The molecule has 1 aromatic heterocycles. The van der Waals surface area contributed by atoms with Gasteiger partial charge in [0.05, 0.1) is 17.7 Å². The lowest BCUT2D eigenvalue weighted by Crippen LogP contribution is -2.38. The summed E-state index contributed by atoms with van der Waals surface area (Å²) >= 11 is 0. The molecule has 0 radical (unpaired) electrons. The van der Waals surface area contributed by atoms with Gasteiger partial charge in [0.1, 0.15) is 40.5 Å². The van der Waals surface area contributed by atoms with Crippen LogP contribution in [0, 0.1) is 23.3 Å². The highest BCUT2D eigenvalue weighted by Gasteiger charge is 2.24. The highest BCUT2D eigenvalue weighted by molar-refractivity contribution is 6.11. The third kappa shape index (κ3) is 6.38. The van der Waals surface area contributed by atoms with E-state index in [1.165, 1.54) is 0 Å². The molecule has 0 unspecified atom stereocenters. The summed E-state index contributed by atoms with van der Waals surface area (Å²) in [5.41, 5.74) is 8.05. The van der Waals surface area contributed by atoms with E-state index in [2.05, 4.69) is 0 Å². The van der Waals surface area contributed by atoms with Gasteiger partial charge in [0.15, 0.2) is 17.4 Å². The van der Waals surface area contributed by atoms with Gasteiger partial charge in [-0.2, -0.15) is 0 Å². The Bertz CT molecular complexity index is 1430. The van der Waals surface area contributed by atoms with E-state index in [-0.39, 0.29) is 18.8 Å². The maximum atomic E-state index is 15.0. The zero-order chi connectivity index (χ0) is 28.4. The van der Waals surface area contributed by atoms with Gasteiger partial charge in [-0.05, 0) is 39.0 Å². The van der Waals surface area contributed by atoms with Crippen LogP contribution in [-0.4, -0.2) is 34.6 Å². The Hall–Kier alpha value is -4.19. The summed E-state index contributed by atoms with van der Waals surface area (Å²) < 4.78 is 68.2. The van der Waals surface area contributed by atoms with Crippen molar-refractivity contribution < 1.29 is 36.6 Å². The van der Waals surface area contributed by atoms with E-state index >= 15 is 8.78 Å².